The number of hydrogen-bond acceptors (Lipinski definition) is 4. The zero-order valence-corrected chi connectivity index (χ0v) is 13.5. The average molecular weight is 294 g/mol. The van der Waals surface area contributed by atoms with E-state index in [-0.39, 0.29) is 18.0 Å². The minimum absolute atomic E-state index is 0.0144. The number of nitrogens with two attached hydrogens (primary N) is 1. The largest absolute Gasteiger partial charge is 0.497 e. The molecule has 1 aromatic rings. The highest BCUT2D eigenvalue weighted by Crippen LogP contribution is 2.26. The Kier molecular flexibility index (Phi) is 6.49. The molecule has 0 aliphatic carbocycles. The van der Waals surface area contributed by atoms with Crippen molar-refractivity contribution in [3.8, 4) is 11.5 Å². The van der Waals surface area contributed by atoms with E-state index in [0.29, 0.717) is 17.9 Å². The second-order valence-corrected chi connectivity index (χ2v) is 5.58. The van der Waals surface area contributed by atoms with Crippen molar-refractivity contribution >= 4 is 5.91 Å². The molecular weight excluding hydrogens is 268 g/mol. The van der Waals surface area contributed by atoms with E-state index in [2.05, 4.69) is 5.32 Å². The van der Waals surface area contributed by atoms with Gasteiger partial charge in [0.2, 0.25) is 0 Å². The zero-order chi connectivity index (χ0) is 16.0. The molecule has 5 nitrogen and oxygen atoms in total. The Balaban J connectivity index is 2.90. The first-order valence-electron chi connectivity index (χ1n) is 7.23. The fourth-order valence-corrected chi connectivity index (χ4v) is 1.93. The van der Waals surface area contributed by atoms with Gasteiger partial charge in [0.15, 0.2) is 6.10 Å². The van der Waals surface area contributed by atoms with Crippen LogP contribution in [0.4, 0.5) is 0 Å². The maximum absolute atomic E-state index is 12.0. The number of rotatable bonds is 7. The number of carbonyl (C=O) groups is 1. The van der Waals surface area contributed by atoms with Gasteiger partial charge in [0.1, 0.15) is 11.5 Å². The van der Waals surface area contributed by atoms with Crippen molar-refractivity contribution in [3.63, 3.8) is 0 Å². The number of hydrogen-bond donors (Lipinski definition) is 2. The lowest BCUT2D eigenvalue weighted by Gasteiger charge is -2.19. The molecular formula is C16H26N2O3. The molecule has 1 aromatic carbocycles. The fourth-order valence-electron chi connectivity index (χ4n) is 1.93. The third kappa shape index (κ3) is 5.63. The van der Waals surface area contributed by atoms with E-state index < -0.39 is 6.10 Å². The Bertz CT molecular complexity index is 473. The molecule has 5 heteroatoms. The van der Waals surface area contributed by atoms with Gasteiger partial charge in [-0.2, -0.15) is 0 Å². The quantitative estimate of drug-likeness (QED) is 0.805. The van der Waals surface area contributed by atoms with E-state index in [1.807, 2.05) is 32.9 Å². The first-order chi connectivity index (χ1) is 9.83. The smallest absolute Gasteiger partial charge is 0.260 e. The third-order valence-electron chi connectivity index (χ3n) is 2.92. The predicted molar refractivity (Wildman–Crippen MR) is 83.7 cm³/mol. The third-order valence-corrected chi connectivity index (χ3v) is 2.92. The van der Waals surface area contributed by atoms with E-state index >= 15 is 0 Å². The molecule has 3 N–H and O–H groups in total. The molecule has 0 heterocycles. The molecule has 21 heavy (non-hydrogen) atoms. The number of amides is 1. The standard InChI is InChI=1S/C16H26N2O3/c1-10(2)18-16(19)12(4)21-15-9-14(20-5)7-6-13(15)8-11(3)17/h6-7,9-12H,8,17H2,1-5H3,(H,18,19). The van der Waals surface area contributed by atoms with Gasteiger partial charge in [-0.05, 0) is 45.7 Å². The van der Waals surface area contributed by atoms with Gasteiger partial charge in [-0.15, -0.1) is 0 Å². The summed E-state index contributed by atoms with van der Waals surface area (Å²) in [6, 6.07) is 5.67. The molecule has 1 rings (SSSR count). The highest BCUT2D eigenvalue weighted by molar-refractivity contribution is 5.81. The summed E-state index contributed by atoms with van der Waals surface area (Å²) in [5.41, 5.74) is 6.82. The molecule has 0 bridgehead atoms. The Morgan fingerprint density at radius 1 is 1.29 bits per heavy atom. The van der Waals surface area contributed by atoms with Gasteiger partial charge in [0.05, 0.1) is 7.11 Å². The zero-order valence-electron chi connectivity index (χ0n) is 13.5. The number of nitrogens with one attached hydrogen (secondary N) is 1. The molecule has 0 aliphatic heterocycles. The number of methoxy groups -OCH3 is 1. The second kappa shape index (κ2) is 7.88. The van der Waals surface area contributed by atoms with E-state index in [1.165, 1.54) is 0 Å². The maximum Gasteiger partial charge on any atom is 0.260 e. The monoisotopic (exact) mass is 294 g/mol. The molecule has 0 radical (unpaired) electrons. The summed E-state index contributed by atoms with van der Waals surface area (Å²) in [6.07, 6.45) is 0.101. The van der Waals surface area contributed by atoms with Crippen molar-refractivity contribution in [1.29, 1.82) is 0 Å². The van der Waals surface area contributed by atoms with Crippen molar-refractivity contribution in [3.05, 3.63) is 23.8 Å². The maximum atomic E-state index is 12.0. The van der Waals surface area contributed by atoms with Gasteiger partial charge in [0, 0.05) is 18.2 Å². The molecule has 0 fully saturated rings. The van der Waals surface area contributed by atoms with E-state index in [0.717, 1.165) is 5.56 Å². The molecule has 1 amide bonds. The summed E-state index contributed by atoms with van der Waals surface area (Å²) in [5, 5.41) is 2.83. The molecule has 0 saturated carbocycles. The van der Waals surface area contributed by atoms with Crippen molar-refractivity contribution in [2.45, 2.75) is 52.3 Å². The van der Waals surface area contributed by atoms with Gasteiger partial charge >= 0.3 is 0 Å². The van der Waals surface area contributed by atoms with Crippen LogP contribution in [0, 0.1) is 0 Å². The summed E-state index contributed by atoms with van der Waals surface area (Å²) in [7, 11) is 1.60. The van der Waals surface area contributed by atoms with Crippen LogP contribution in [0.25, 0.3) is 0 Å². The van der Waals surface area contributed by atoms with Crippen molar-refractivity contribution in [1.82, 2.24) is 5.32 Å². The Morgan fingerprint density at radius 2 is 1.95 bits per heavy atom. The highest BCUT2D eigenvalue weighted by Gasteiger charge is 2.18. The summed E-state index contributed by atoms with van der Waals surface area (Å²) < 4.78 is 11.0. The van der Waals surface area contributed by atoms with Crippen LogP contribution in [0.2, 0.25) is 0 Å². The predicted octanol–water partition coefficient (Wildman–Crippen LogP) is 1.88. The lowest BCUT2D eigenvalue weighted by Crippen LogP contribution is -2.40. The van der Waals surface area contributed by atoms with Crippen molar-refractivity contribution in [2.75, 3.05) is 7.11 Å². The Hall–Kier alpha value is -1.75. The van der Waals surface area contributed by atoms with Crippen LogP contribution in [-0.4, -0.2) is 31.2 Å². The van der Waals surface area contributed by atoms with Crippen LogP contribution in [0.1, 0.15) is 33.3 Å². The number of ether oxygens (including phenoxy) is 2. The summed E-state index contributed by atoms with van der Waals surface area (Å²) in [5.74, 6) is 1.19. The van der Waals surface area contributed by atoms with E-state index in [9.17, 15) is 4.79 Å². The first kappa shape index (κ1) is 17.3. The summed E-state index contributed by atoms with van der Waals surface area (Å²) in [4.78, 5) is 12.0. The molecule has 2 atom stereocenters. The van der Waals surface area contributed by atoms with Crippen molar-refractivity contribution in [2.24, 2.45) is 5.73 Å². The topological polar surface area (TPSA) is 73.6 Å². The summed E-state index contributed by atoms with van der Waals surface area (Å²) >= 11 is 0. The average Bonchev–Trinajstić information content (AvgIpc) is 2.39. The highest BCUT2D eigenvalue weighted by atomic mass is 16.5. The second-order valence-electron chi connectivity index (χ2n) is 5.58. The summed E-state index contributed by atoms with van der Waals surface area (Å²) in [6.45, 7) is 7.49. The van der Waals surface area contributed by atoms with Crippen molar-refractivity contribution < 1.29 is 14.3 Å². The number of carbonyl (C=O) groups excluding carboxylic acids is 1. The van der Waals surface area contributed by atoms with Crippen LogP contribution >= 0.6 is 0 Å². The molecule has 2 unspecified atom stereocenters. The van der Waals surface area contributed by atoms with Gasteiger partial charge in [0.25, 0.3) is 5.91 Å². The fraction of sp³-hybridized carbons (Fsp3) is 0.562. The molecule has 0 aliphatic rings. The number of benzene rings is 1. The van der Waals surface area contributed by atoms with Crippen LogP contribution < -0.4 is 20.5 Å². The van der Waals surface area contributed by atoms with Gasteiger partial charge in [-0.25, -0.2) is 0 Å². The Morgan fingerprint density at radius 3 is 2.48 bits per heavy atom. The van der Waals surface area contributed by atoms with Crippen LogP contribution in [0.5, 0.6) is 11.5 Å². The molecule has 118 valence electrons. The molecule has 0 saturated heterocycles. The van der Waals surface area contributed by atoms with E-state index in [1.54, 1.807) is 20.1 Å². The van der Waals surface area contributed by atoms with Crippen LogP contribution in [0.15, 0.2) is 18.2 Å². The van der Waals surface area contributed by atoms with Gasteiger partial charge in [-0.1, -0.05) is 6.07 Å². The van der Waals surface area contributed by atoms with E-state index in [4.69, 9.17) is 15.2 Å². The van der Waals surface area contributed by atoms with Crippen LogP contribution in [-0.2, 0) is 11.2 Å². The normalized spacial score (nSPS) is 13.7. The minimum Gasteiger partial charge on any atom is -0.497 e. The Labute approximate surface area is 126 Å². The van der Waals surface area contributed by atoms with Gasteiger partial charge in [-0.3, -0.25) is 4.79 Å². The lowest BCUT2D eigenvalue weighted by atomic mass is 10.1. The minimum atomic E-state index is -0.577. The van der Waals surface area contributed by atoms with Crippen LogP contribution in [0.3, 0.4) is 0 Å². The lowest BCUT2D eigenvalue weighted by molar-refractivity contribution is -0.127. The SMILES string of the molecule is COc1ccc(CC(C)N)c(OC(C)C(=O)NC(C)C)c1. The van der Waals surface area contributed by atoms with Gasteiger partial charge < -0.3 is 20.5 Å². The molecule has 0 spiro atoms. The molecule has 0 aromatic heterocycles. The first-order valence-corrected chi connectivity index (χ1v) is 7.23.